The molecule has 1 aromatic heterocycles. The number of hydrogen-bond acceptors (Lipinski definition) is 4. The van der Waals surface area contributed by atoms with Crippen molar-refractivity contribution in [2.75, 3.05) is 19.6 Å². The van der Waals surface area contributed by atoms with Gasteiger partial charge in [-0.15, -0.1) is 0 Å². The molecule has 134 valence electrons. The Hall–Kier alpha value is -1.33. The van der Waals surface area contributed by atoms with Crippen LogP contribution in [0.3, 0.4) is 0 Å². The average Bonchev–Trinajstić information content (AvgIpc) is 3.20. The highest BCUT2D eigenvalue weighted by Gasteiger charge is 2.35. The zero-order chi connectivity index (χ0) is 16.9. The van der Waals surface area contributed by atoms with E-state index in [0.29, 0.717) is 12.2 Å². The lowest BCUT2D eigenvalue weighted by Crippen LogP contribution is -2.49. The first-order chi connectivity index (χ1) is 11.7. The zero-order valence-electron chi connectivity index (χ0n) is 14.7. The summed E-state index contributed by atoms with van der Waals surface area (Å²) in [5.41, 5.74) is 0. The molecular formula is C19H30N2O3. The van der Waals surface area contributed by atoms with E-state index in [9.17, 15) is 9.90 Å². The molecule has 2 aliphatic rings. The molecule has 2 aliphatic heterocycles. The Balaban J connectivity index is 1.60. The number of aliphatic hydroxyl groups excluding tert-OH is 1. The zero-order valence-corrected chi connectivity index (χ0v) is 14.7. The predicted octanol–water partition coefficient (Wildman–Crippen LogP) is 2.96. The summed E-state index contributed by atoms with van der Waals surface area (Å²) in [6.45, 7) is 4.92. The number of likely N-dealkylation sites (tertiary alicyclic amines) is 2. The molecule has 3 unspecified atom stereocenters. The molecule has 0 aromatic carbocycles. The fraction of sp³-hybridized carbons (Fsp3) is 0.737. The highest BCUT2D eigenvalue weighted by molar-refractivity contribution is 5.82. The molecule has 0 radical (unpaired) electrons. The molecule has 1 N–H and O–H groups in total. The van der Waals surface area contributed by atoms with Gasteiger partial charge in [0.2, 0.25) is 5.91 Å². The van der Waals surface area contributed by atoms with Gasteiger partial charge in [0.15, 0.2) is 0 Å². The van der Waals surface area contributed by atoms with E-state index in [1.54, 1.807) is 18.4 Å². The van der Waals surface area contributed by atoms with Crippen LogP contribution >= 0.6 is 0 Å². The van der Waals surface area contributed by atoms with E-state index in [4.69, 9.17) is 4.42 Å². The molecule has 1 aromatic rings. The van der Waals surface area contributed by atoms with E-state index in [0.717, 1.165) is 32.5 Å². The fourth-order valence-electron chi connectivity index (χ4n) is 4.10. The Morgan fingerprint density at radius 1 is 1.25 bits per heavy atom. The van der Waals surface area contributed by atoms with Crippen molar-refractivity contribution in [2.24, 2.45) is 0 Å². The number of carbonyl (C=O) groups is 1. The summed E-state index contributed by atoms with van der Waals surface area (Å²) in [7, 11) is 0. The Labute approximate surface area is 144 Å². The van der Waals surface area contributed by atoms with Crippen LogP contribution in [0.15, 0.2) is 22.8 Å². The number of rotatable bonds is 5. The van der Waals surface area contributed by atoms with E-state index in [-0.39, 0.29) is 18.0 Å². The van der Waals surface area contributed by atoms with Crippen LogP contribution in [-0.2, 0) is 4.79 Å². The fourth-order valence-corrected chi connectivity index (χ4v) is 4.10. The Kier molecular flexibility index (Phi) is 5.95. The molecule has 0 spiro atoms. The minimum Gasteiger partial charge on any atom is -0.467 e. The maximum Gasteiger partial charge on any atom is 0.239 e. The van der Waals surface area contributed by atoms with Crippen LogP contribution in [0.1, 0.15) is 63.7 Å². The van der Waals surface area contributed by atoms with Crippen molar-refractivity contribution < 1.29 is 14.3 Å². The minimum absolute atomic E-state index is 0.0514. The number of nitrogens with zero attached hydrogens (tertiary/aromatic N) is 2. The first-order valence-corrected chi connectivity index (χ1v) is 9.43. The van der Waals surface area contributed by atoms with E-state index in [1.807, 2.05) is 11.8 Å². The number of furan rings is 1. The Morgan fingerprint density at radius 2 is 2.00 bits per heavy atom. The summed E-state index contributed by atoms with van der Waals surface area (Å²) >= 11 is 0. The quantitative estimate of drug-likeness (QED) is 0.899. The van der Waals surface area contributed by atoms with Crippen molar-refractivity contribution in [3.05, 3.63) is 24.2 Å². The second-order valence-electron chi connectivity index (χ2n) is 7.22. The maximum absolute atomic E-state index is 13.0. The molecule has 1 amide bonds. The van der Waals surface area contributed by atoms with Crippen LogP contribution in [0.5, 0.6) is 0 Å². The first-order valence-electron chi connectivity index (χ1n) is 9.43. The summed E-state index contributed by atoms with van der Waals surface area (Å²) in [5, 5.41) is 10.4. The van der Waals surface area contributed by atoms with Crippen LogP contribution in [-0.4, -0.2) is 52.5 Å². The third-order valence-corrected chi connectivity index (χ3v) is 5.57. The van der Waals surface area contributed by atoms with Gasteiger partial charge in [-0.3, -0.25) is 9.69 Å². The van der Waals surface area contributed by atoms with Crippen molar-refractivity contribution in [1.29, 1.82) is 0 Å². The van der Waals surface area contributed by atoms with E-state index >= 15 is 0 Å². The minimum atomic E-state index is -0.633. The van der Waals surface area contributed by atoms with Crippen LogP contribution in [0.2, 0.25) is 0 Å². The Bertz CT molecular complexity index is 509. The number of hydrogen-bond donors (Lipinski definition) is 1. The second kappa shape index (κ2) is 8.17. The highest BCUT2D eigenvalue weighted by Crippen LogP contribution is 2.28. The molecule has 0 bridgehead atoms. The Morgan fingerprint density at radius 3 is 2.67 bits per heavy atom. The molecule has 0 aliphatic carbocycles. The van der Waals surface area contributed by atoms with Gasteiger partial charge in [-0.2, -0.15) is 0 Å². The molecule has 2 fully saturated rings. The smallest absolute Gasteiger partial charge is 0.239 e. The maximum atomic E-state index is 13.0. The lowest BCUT2D eigenvalue weighted by molar-refractivity contribution is -0.137. The lowest BCUT2D eigenvalue weighted by Gasteiger charge is -2.33. The van der Waals surface area contributed by atoms with Crippen molar-refractivity contribution in [2.45, 2.75) is 70.1 Å². The van der Waals surface area contributed by atoms with E-state index in [1.165, 1.54) is 25.7 Å². The molecule has 24 heavy (non-hydrogen) atoms. The largest absolute Gasteiger partial charge is 0.467 e. The van der Waals surface area contributed by atoms with Crippen molar-refractivity contribution in [3.8, 4) is 0 Å². The van der Waals surface area contributed by atoms with Gasteiger partial charge in [0.05, 0.1) is 12.3 Å². The van der Waals surface area contributed by atoms with Gasteiger partial charge in [-0.1, -0.05) is 12.8 Å². The number of aliphatic hydroxyl groups is 1. The van der Waals surface area contributed by atoms with E-state index in [2.05, 4.69) is 4.90 Å². The topological polar surface area (TPSA) is 56.9 Å². The van der Waals surface area contributed by atoms with Gasteiger partial charge in [-0.05, 0) is 57.8 Å². The van der Waals surface area contributed by atoms with Crippen LogP contribution < -0.4 is 0 Å². The van der Waals surface area contributed by atoms with Gasteiger partial charge in [0.1, 0.15) is 11.9 Å². The van der Waals surface area contributed by atoms with Gasteiger partial charge in [0, 0.05) is 19.0 Å². The van der Waals surface area contributed by atoms with Crippen molar-refractivity contribution in [3.63, 3.8) is 0 Å². The van der Waals surface area contributed by atoms with E-state index < -0.39 is 6.10 Å². The summed E-state index contributed by atoms with van der Waals surface area (Å²) < 4.78 is 5.30. The SMILES string of the molecule is CC(C(=O)N1CCCC1CC(O)c1ccco1)N1CCCCCC1. The molecule has 3 rings (SSSR count). The predicted molar refractivity (Wildman–Crippen MR) is 92.5 cm³/mol. The van der Waals surface area contributed by atoms with Crippen LogP contribution in [0.4, 0.5) is 0 Å². The molecular weight excluding hydrogens is 304 g/mol. The van der Waals surface area contributed by atoms with Gasteiger partial charge < -0.3 is 14.4 Å². The molecule has 3 heterocycles. The molecule has 3 atom stereocenters. The van der Waals surface area contributed by atoms with Crippen LogP contribution in [0.25, 0.3) is 0 Å². The highest BCUT2D eigenvalue weighted by atomic mass is 16.4. The number of carbonyl (C=O) groups excluding carboxylic acids is 1. The van der Waals surface area contributed by atoms with Gasteiger partial charge in [0.25, 0.3) is 0 Å². The monoisotopic (exact) mass is 334 g/mol. The summed E-state index contributed by atoms with van der Waals surface area (Å²) in [4.78, 5) is 17.4. The first kappa shape index (κ1) is 17.5. The molecule has 5 heteroatoms. The third-order valence-electron chi connectivity index (χ3n) is 5.57. The van der Waals surface area contributed by atoms with Crippen LogP contribution in [0, 0.1) is 0 Å². The third kappa shape index (κ3) is 4.01. The molecule has 0 saturated carbocycles. The lowest BCUT2D eigenvalue weighted by atomic mass is 10.0. The molecule has 5 nitrogen and oxygen atoms in total. The van der Waals surface area contributed by atoms with Gasteiger partial charge in [-0.25, -0.2) is 0 Å². The average molecular weight is 334 g/mol. The summed E-state index contributed by atoms with van der Waals surface area (Å²) in [6, 6.07) is 3.65. The van der Waals surface area contributed by atoms with Crippen molar-refractivity contribution in [1.82, 2.24) is 9.80 Å². The normalized spacial score (nSPS) is 25.4. The molecule has 2 saturated heterocycles. The van der Waals surface area contributed by atoms with Crippen molar-refractivity contribution >= 4 is 5.91 Å². The summed E-state index contributed by atoms with van der Waals surface area (Å²) in [5.74, 6) is 0.820. The summed E-state index contributed by atoms with van der Waals surface area (Å²) in [6.07, 6.45) is 8.44. The standard InChI is InChI=1S/C19H30N2O3/c1-15(20-10-4-2-3-5-11-20)19(23)21-12-6-8-16(21)14-17(22)18-9-7-13-24-18/h7,9,13,15-17,22H,2-6,8,10-12,14H2,1H3. The van der Waals surface area contributed by atoms with Gasteiger partial charge >= 0.3 is 0 Å². The second-order valence-corrected chi connectivity index (χ2v) is 7.22. The number of amides is 1.